The molecule has 0 aliphatic carbocycles. The Morgan fingerprint density at radius 3 is 2.68 bits per heavy atom. The molecule has 0 aliphatic heterocycles. The third kappa shape index (κ3) is 3.17. The molecule has 1 N–H and O–H groups in total. The molecule has 2 rings (SSSR count). The summed E-state index contributed by atoms with van der Waals surface area (Å²) in [5.74, 6) is 0. The van der Waals surface area contributed by atoms with Gasteiger partial charge in [-0.3, -0.25) is 10.1 Å². The summed E-state index contributed by atoms with van der Waals surface area (Å²) in [7, 11) is 1.66. The van der Waals surface area contributed by atoms with Gasteiger partial charge in [-0.15, -0.1) is 10.2 Å². The quantitative estimate of drug-likeness (QED) is 0.515. The van der Waals surface area contributed by atoms with Crippen LogP contribution in [-0.2, 0) is 0 Å². The molecule has 0 aliphatic rings. The summed E-state index contributed by atoms with van der Waals surface area (Å²) in [6.07, 6.45) is 1.92. The summed E-state index contributed by atoms with van der Waals surface area (Å²) in [6, 6.07) is 5.16. The highest BCUT2D eigenvalue weighted by Gasteiger charge is 2.20. The van der Waals surface area contributed by atoms with Crippen LogP contribution in [0.25, 0.3) is 0 Å². The molecule has 0 amide bonds. The first-order chi connectivity index (χ1) is 9.15. The molecule has 0 radical (unpaired) electrons. The van der Waals surface area contributed by atoms with E-state index in [-0.39, 0.29) is 10.6 Å². The van der Waals surface area contributed by atoms with Crippen LogP contribution >= 0.6 is 34.9 Å². The van der Waals surface area contributed by atoms with Crippen LogP contribution in [0.5, 0.6) is 0 Å². The number of aromatic nitrogens is 2. The van der Waals surface area contributed by atoms with Gasteiger partial charge in [0.15, 0.2) is 8.68 Å². The molecule has 0 bridgehead atoms. The number of hydrogen-bond donors (Lipinski definition) is 1. The molecule has 0 saturated carbocycles. The van der Waals surface area contributed by atoms with E-state index in [1.54, 1.807) is 25.2 Å². The minimum absolute atomic E-state index is 0.0656. The minimum Gasteiger partial charge on any atom is -0.383 e. The van der Waals surface area contributed by atoms with E-state index >= 15 is 0 Å². The van der Waals surface area contributed by atoms with Crippen LogP contribution < -0.4 is 5.32 Å². The van der Waals surface area contributed by atoms with Gasteiger partial charge in [0.2, 0.25) is 0 Å². The minimum atomic E-state index is -0.384. The number of nitro groups is 1. The Bertz CT molecular complexity index is 602. The van der Waals surface area contributed by atoms with Crippen LogP contribution in [0, 0.1) is 10.1 Å². The van der Waals surface area contributed by atoms with Crippen molar-refractivity contribution in [1.29, 1.82) is 0 Å². The van der Waals surface area contributed by atoms with Crippen molar-refractivity contribution in [2.24, 2.45) is 0 Å². The van der Waals surface area contributed by atoms with E-state index < -0.39 is 0 Å². The standard InChI is InChI=1S/C10H10N4O2S3/c1-11-6-4-3-5-7(8(6)14(15)16)18-10-13-12-9(17-2)19-10/h3-5,11H,1-2H3. The van der Waals surface area contributed by atoms with Gasteiger partial charge < -0.3 is 5.32 Å². The van der Waals surface area contributed by atoms with Crippen molar-refractivity contribution in [2.45, 2.75) is 13.6 Å². The molecule has 0 unspecified atom stereocenters. The summed E-state index contributed by atoms with van der Waals surface area (Å²) < 4.78 is 1.54. The summed E-state index contributed by atoms with van der Waals surface area (Å²) >= 11 is 4.18. The average molecular weight is 314 g/mol. The predicted octanol–water partition coefficient (Wildman–Crippen LogP) is 3.36. The van der Waals surface area contributed by atoms with Crippen LogP contribution in [0.1, 0.15) is 0 Å². The van der Waals surface area contributed by atoms with E-state index in [1.807, 2.05) is 6.26 Å². The molecule has 1 aromatic carbocycles. The summed E-state index contributed by atoms with van der Waals surface area (Å²) in [5.41, 5.74) is 0.556. The molecule has 9 heteroatoms. The second-order valence-electron chi connectivity index (χ2n) is 3.30. The van der Waals surface area contributed by atoms with Crippen LogP contribution in [0.15, 0.2) is 31.8 Å². The zero-order valence-electron chi connectivity index (χ0n) is 10.1. The second kappa shape index (κ2) is 6.22. The Balaban J connectivity index is 2.36. The fraction of sp³-hybridized carbons (Fsp3) is 0.200. The zero-order valence-corrected chi connectivity index (χ0v) is 12.6. The molecule has 0 fully saturated rings. The number of rotatable bonds is 5. The molecule has 6 nitrogen and oxygen atoms in total. The summed E-state index contributed by atoms with van der Waals surface area (Å²) in [6.45, 7) is 0. The van der Waals surface area contributed by atoms with Crippen molar-refractivity contribution < 1.29 is 4.92 Å². The average Bonchev–Trinajstić information content (AvgIpc) is 2.85. The van der Waals surface area contributed by atoms with Crippen molar-refractivity contribution in [3.63, 3.8) is 0 Å². The molecule has 1 aromatic heterocycles. The van der Waals surface area contributed by atoms with Crippen molar-refractivity contribution in [3.05, 3.63) is 28.3 Å². The van der Waals surface area contributed by atoms with Crippen molar-refractivity contribution in [3.8, 4) is 0 Å². The molecule has 0 spiro atoms. The lowest BCUT2D eigenvalue weighted by Gasteiger charge is -2.05. The number of benzene rings is 1. The maximum absolute atomic E-state index is 11.2. The number of nitro benzene ring substituents is 1. The SMILES string of the molecule is CNc1cccc(Sc2nnc(SC)s2)c1[N+](=O)[O-]. The van der Waals surface area contributed by atoms with Gasteiger partial charge in [-0.05, 0) is 30.2 Å². The van der Waals surface area contributed by atoms with Crippen molar-refractivity contribution in [1.82, 2.24) is 10.2 Å². The van der Waals surface area contributed by atoms with Crippen molar-refractivity contribution in [2.75, 3.05) is 18.6 Å². The second-order valence-corrected chi connectivity index (χ2v) is 6.62. The van der Waals surface area contributed by atoms with E-state index in [0.717, 1.165) is 4.34 Å². The van der Waals surface area contributed by atoms with Gasteiger partial charge in [-0.25, -0.2) is 0 Å². The van der Waals surface area contributed by atoms with Gasteiger partial charge in [0.1, 0.15) is 5.69 Å². The third-order valence-corrected chi connectivity index (χ3v) is 5.21. The zero-order chi connectivity index (χ0) is 13.8. The van der Waals surface area contributed by atoms with E-state index in [4.69, 9.17) is 0 Å². The normalized spacial score (nSPS) is 10.4. The Labute approximate surface area is 122 Å². The van der Waals surface area contributed by atoms with Crippen LogP contribution in [0.4, 0.5) is 11.4 Å². The first kappa shape index (κ1) is 14.1. The predicted molar refractivity (Wildman–Crippen MR) is 78.5 cm³/mol. The van der Waals surface area contributed by atoms with Gasteiger partial charge in [0, 0.05) is 7.05 Å². The van der Waals surface area contributed by atoms with Gasteiger partial charge in [-0.1, -0.05) is 29.2 Å². The first-order valence-electron chi connectivity index (χ1n) is 5.16. The van der Waals surface area contributed by atoms with Crippen LogP contribution in [0.2, 0.25) is 0 Å². The van der Waals surface area contributed by atoms with E-state index in [1.165, 1.54) is 34.9 Å². The van der Waals surface area contributed by atoms with Crippen LogP contribution in [0.3, 0.4) is 0 Å². The smallest absolute Gasteiger partial charge is 0.306 e. The van der Waals surface area contributed by atoms with Gasteiger partial charge in [-0.2, -0.15) is 0 Å². The van der Waals surface area contributed by atoms with Gasteiger partial charge in [0.25, 0.3) is 0 Å². The van der Waals surface area contributed by atoms with Crippen molar-refractivity contribution >= 4 is 46.2 Å². The fourth-order valence-electron chi connectivity index (χ4n) is 1.41. The maximum atomic E-state index is 11.2. The molecular weight excluding hydrogens is 304 g/mol. The Morgan fingerprint density at radius 2 is 2.11 bits per heavy atom. The Morgan fingerprint density at radius 1 is 1.37 bits per heavy atom. The summed E-state index contributed by atoms with van der Waals surface area (Å²) in [4.78, 5) is 11.3. The highest BCUT2D eigenvalue weighted by molar-refractivity contribution is 8.03. The molecule has 19 heavy (non-hydrogen) atoms. The lowest BCUT2D eigenvalue weighted by atomic mass is 10.3. The molecule has 0 atom stereocenters. The van der Waals surface area contributed by atoms with Gasteiger partial charge >= 0.3 is 5.69 Å². The number of nitrogens with zero attached hydrogens (tertiary/aromatic N) is 3. The molecule has 0 saturated heterocycles. The number of nitrogens with one attached hydrogen (secondary N) is 1. The molecule has 100 valence electrons. The summed E-state index contributed by atoms with van der Waals surface area (Å²) in [5, 5.41) is 22.0. The first-order valence-corrected chi connectivity index (χ1v) is 8.02. The molecular formula is C10H10N4O2S3. The highest BCUT2D eigenvalue weighted by Crippen LogP contribution is 2.40. The number of para-hydroxylation sites is 1. The fourth-order valence-corrected chi connectivity index (χ4v) is 3.94. The number of hydrogen-bond acceptors (Lipinski definition) is 8. The molecule has 1 heterocycles. The Hall–Kier alpha value is -1.32. The van der Waals surface area contributed by atoms with E-state index in [0.29, 0.717) is 14.9 Å². The van der Waals surface area contributed by atoms with E-state index in [2.05, 4.69) is 15.5 Å². The van der Waals surface area contributed by atoms with E-state index in [9.17, 15) is 10.1 Å². The number of anilines is 1. The lowest BCUT2D eigenvalue weighted by molar-refractivity contribution is -0.386. The Kier molecular flexibility index (Phi) is 4.61. The monoisotopic (exact) mass is 314 g/mol. The lowest BCUT2D eigenvalue weighted by Crippen LogP contribution is -1.97. The van der Waals surface area contributed by atoms with Gasteiger partial charge in [0.05, 0.1) is 9.82 Å². The maximum Gasteiger partial charge on any atom is 0.306 e. The third-order valence-electron chi connectivity index (χ3n) is 2.21. The van der Waals surface area contributed by atoms with Crippen LogP contribution in [-0.4, -0.2) is 28.4 Å². The number of thioether (sulfide) groups is 1. The topological polar surface area (TPSA) is 81.0 Å². The molecule has 2 aromatic rings. The largest absolute Gasteiger partial charge is 0.383 e. The highest BCUT2D eigenvalue weighted by atomic mass is 32.2.